The lowest BCUT2D eigenvalue weighted by Gasteiger charge is -2.03. The van der Waals surface area contributed by atoms with Crippen LogP contribution in [0.15, 0.2) is 60.0 Å². The molecule has 0 saturated carbocycles. The molecule has 0 spiro atoms. The molecule has 1 aromatic carbocycles. The zero-order chi connectivity index (χ0) is 14.5. The molecule has 0 fully saturated rings. The maximum atomic E-state index is 4.50. The molecule has 0 saturated heterocycles. The van der Waals surface area contributed by atoms with E-state index in [1.54, 1.807) is 11.3 Å². The Bertz CT molecular complexity index is 704. The van der Waals surface area contributed by atoms with Gasteiger partial charge < -0.3 is 5.32 Å². The van der Waals surface area contributed by atoms with E-state index >= 15 is 0 Å². The quantitative estimate of drug-likeness (QED) is 0.754. The number of aryl methyl sites for hydroxylation is 1. The van der Waals surface area contributed by atoms with Crippen LogP contribution >= 0.6 is 11.3 Å². The van der Waals surface area contributed by atoms with Crippen molar-refractivity contribution in [3.8, 4) is 11.1 Å². The van der Waals surface area contributed by atoms with Crippen molar-refractivity contribution in [2.75, 3.05) is 0 Å². The van der Waals surface area contributed by atoms with Crippen molar-refractivity contribution in [3.05, 3.63) is 76.2 Å². The van der Waals surface area contributed by atoms with Gasteiger partial charge in [0.2, 0.25) is 0 Å². The molecule has 106 valence electrons. The van der Waals surface area contributed by atoms with E-state index in [4.69, 9.17) is 0 Å². The molecule has 3 rings (SSSR count). The van der Waals surface area contributed by atoms with E-state index in [2.05, 4.69) is 58.1 Å². The lowest BCUT2D eigenvalue weighted by Crippen LogP contribution is -2.13. The van der Waals surface area contributed by atoms with E-state index in [0.717, 1.165) is 24.5 Å². The summed E-state index contributed by atoms with van der Waals surface area (Å²) in [6, 6.07) is 18.9. The van der Waals surface area contributed by atoms with Gasteiger partial charge >= 0.3 is 0 Å². The van der Waals surface area contributed by atoms with E-state index in [9.17, 15) is 0 Å². The molecule has 0 atom stereocenters. The van der Waals surface area contributed by atoms with Crippen LogP contribution in [0.1, 0.15) is 16.3 Å². The first-order valence-corrected chi connectivity index (χ1v) is 7.95. The predicted molar refractivity (Wildman–Crippen MR) is 89.3 cm³/mol. The summed E-state index contributed by atoms with van der Waals surface area (Å²) in [4.78, 5) is 5.85. The van der Waals surface area contributed by atoms with Crippen LogP contribution in [-0.4, -0.2) is 4.98 Å². The molecule has 3 heteroatoms. The lowest BCUT2D eigenvalue weighted by atomic mass is 10.1. The molecule has 1 N–H and O–H groups in total. The number of benzene rings is 1. The van der Waals surface area contributed by atoms with Gasteiger partial charge in [-0.25, -0.2) is 0 Å². The van der Waals surface area contributed by atoms with E-state index in [0.29, 0.717) is 0 Å². The third-order valence-electron chi connectivity index (χ3n) is 3.31. The van der Waals surface area contributed by atoms with Gasteiger partial charge in [0.25, 0.3) is 0 Å². The summed E-state index contributed by atoms with van der Waals surface area (Å²) in [7, 11) is 0. The molecule has 2 aromatic heterocycles. The van der Waals surface area contributed by atoms with Crippen LogP contribution in [0, 0.1) is 6.92 Å². The Morgan fingerprint density at radius 3 is 2.62 bits per heavy atom. The number of aromatic nitrogens is 1. The van der Waals surface area contributed by atoms with Gasteiger partial charge in [-0.2, -0.15) is 0 Å². The van der Waals surface area contributed by atoms with Crippen molar-refractivity contribution >= 4 is 11.3 Å². The SMILES string of the molecule is Cc1cccc(CNCc2cc(-c3ccccc3)cs2)n1. The number of rotatable bonds is 5. The zero-order valence-corrected chi connectivity index (χ0v) is 12.9. The minimum absolute atomic E-state index is 0.806. The molecule has 0 aliphatic rings. The molecular formula is C18H18N2S. The highest BCUT2D eigenvalue weighted by Crippen LogP contribution is 2.25. The van der Waals surface area contributed by atoms with Crippen molar-refractivity contribution in [2.45, 2.75) is 20.0 Å². The normalized spacial score (nSPS) is 10.7. The first-order valence-electron chi connectivity index (χ1n) is 7.07. The fourth-order valence-electron chi connectivity index (χ4n) is 2.27. The van der Waals surface area contributed by atoms with E-state index in [-0.39, 0.29) is 0 Å². The van der Waals surface area contributed by atoms with Crippen molar-refractivity contribution in [1.29, 1.82) is 0 Å². The molecule has 0 unspecified atom stereocenters. The first kappa shape index (κ1) is 14.0. The fourth-order valence-corrected chi connectivity index (χ4v) is 3.13. The second kappa shape index (κ2) is 6.66. The van der Waals surface area contributed by atoms with Gasteiger partial charge in [-0.3, -0.25) is 4.98 Å². The number of nitrogens with zero attached hydrogens (tertiary/aromatic N) is 1. The van der Waals surface area contributed by atoms with Crippen LogP contribution in [0.5, 0.6) is 0 Å². The van der Waals surface area contributed by atoms with Gasteiger partial charge in [-0.1, -0.05) is 36.4 Å². The van der Waals surface area contributed by atoms with Crippen LogP contribution in [-0.2, 0) is 13.1 Å². The molecule has 3 aromatic rings. The van der Waals surface area contributed by atoms with Crippen molar-refractivity contribution in [1.82, 2.24) is 10.3 Å². The van der Waals surface area contributed by atoms with Crippen molar-refractivity contribution in [3.63, 3.8) is 0 Å². The van der Waals surface area contributed by atoms with Crippen LogP contribution in [0.2, 0.25) is 0 Å². The molecule has 0 aliphatic heterocycles. The topological polar surface area (TPSA) is 24.9 Å². The summed E-state index contributed by atoms with van der Waals surface area (Å²) < 4.78 is 0. The Hall–Kier alpha value is -1.97. The van der Waals surface area contributed by atoms with Gasteiger partial charge in [0.05, 0.1) is 5.69 Å². The minimum Gasteiger partial charge on any atom is -0.306 e. The van der Waals surface area contributed by atoms with E-state index < -0.39 is 0 Å². The van der Waals surface area contributed by atoms with Gasteiger partial charge in [0.1, 0.15) is 0 Å². The van der Waals surface area contributed by atoms with Crippen LogP contribution < -0.4 is 5.32 Å². The number of thiophene rings is 1. The molecule has 2 nitrogen and oxygen atoms in total. The first-order chi connectivity index (χ1) is 10.3. The Kier molecular flexibility index (Phi) is 4.43. The largest absolute Gasteiger partial charge is 0.306 e. The number of hydrogen-bond acceptors (Lipinski definition) is 3. The second-order valence-electron chi connectivity index (χ2n) is 5.04. The summed E-state index contributed by atoms with van der Waals surface area (Å²) in [5.74, 6) is 0. The average molecular weight is 294 g/mol. The molecule has 2 heterocycles. The van der Waals surface area contributed by atoms with Crippen molar-refractivity contribution < 1.29 is 0 Å². The number of nitrogens with one attached hydrogen (secondary N) is 1. The predicted octanol–water partition coefficient (Wildman–Crippen LogP) is 4.41. The summed E-state index contributed by atoms with van der Waals surface area (Å²) >= 11 is 1.80. The van der Waals surface area contributed by atoms with Crippen LogP contribution in [0.4, 0.5) is 0 Å². The van der Waals surface area contributed by atoms with Gasteiger partial charge in [-0.05, 0) is 41.6 Å². The maximum Gasteiger partial charge on any atom is 0.0544 e. The highest BCUT2D eigenvalue weighted by Gasteiger charge is 2.02. The molecule has 21 heavy (non-hydrogen) atoms. The highest BCUT2D eigenvalue weighted by molar-refractivity contribution is 7.10. The molecule has 0 radical (unpaired) electrons. The summed E-state index contributed by atoms with van der Waals surface area (Å²) in [6.07, 6.45) is 0. The average Bonchev–Trinajstić information content (AvgIpc) is 2.97. The van der Waals surface area contributed by atoms with Gasteiger partial charge in [-0.15, -0.1) is 11.3 Å². The van der Waals surface area contributed by atoms with Gasteiger partial charge in [0.15, 0.2) is 0 Å². The summed E-state index contributed by atoms with van der Waals surface area (Å²) in [5, 5.41) is 5.68. The molecular weight excluding hydrogens is 276 g/mol. The number of pyridine rings is 1. The third kappa shape index (κ3) is 3.78. The van der Waals surface area contributed by atoms with Crippen LogP contribution in [0.25, 0.3) is 11.1 Å². The molecule has 0 amide bonds. The Morgan fingerprint density at radius 1 is 0.952 bits per heavy atom. The fraction of sp³-hybridized carbons (Fsp3) is 0.167. The second-order valence-corrected chi connectivity index (χ2v) is 6.04. The Morgan fingerprint density at radius 2 is 1.81 bits per heavy atom. The van der Waals surface area contributed by atoms with Crippen LogP contribution in [0.3, 0.4) is 0 Å². The summed E-state index contributed by atoms with van der Waals surface area (Å²) in [5.41, 5.74) is 4.73. The zero-order valence-electron chi connectivity index (χ0n) is 12.0. The monoisotopic (exact) mass is 294 g/mol. The van der Waals surface area contributed by atoms with E-state index in [1.165, 1.54) is 16.0 Å². The highest BCUT2D eigenvalue weighted by atomic mass is 32.1. The Labute approximate surface area is 129 Å². The number of hydrogen-bond donors (Lipinski definition) is 1. The molecule has 0 bridgehead atoms. The van der Waals surface area contributed by atoms with Gasteiger partial charge in [0, 0.05) is 23.7 Å². The minimum atomic E-state index is 0.806. The maximum absolute atomic E-state index is 4.50. The smallest absolute Gasteiger partial charge is 0.0544 e. The summed E-state index contributed by atoms with van der Waals surface area (Å²) in [6.45, 7) is 3.71. The molecule has 0 aliphatic carbocycles. The van der Waals surface area contributed by atoms with Crippen molar-refractivity contribution in [2.24, 2.45) is 0 Å². The lowest BCUT2D eigenvalue weighted by molar-refractivity contribution is 0.685. The third-order valence-corrected chi connectivity index (χ3v) is 4.25. The standard InChI is InChI=1S/C18H18N2S/c1-14-6-5-9-17(20-14)11-19-12-18-10-16(13-21-18)15-7-3-2-4-8-15/h2-10,13,19H,11-12H2,1H3. The Balaban J connectivity index is 1.58. The van der Waals surface area contributed by atoms with E-state index in [1.807, 2.05) is 19.1 Å².